The van der Waals surface area contributed by atoms with Crippen LogP contribution in [0.1, 0.15) is 87.3 Å². The molecule has 53 heavy (non-hydrogen) atoms. The maximum absolute atomic E-state index is 15.3. The highest BCUT2D eigenvalue weighted by molar-refractivity contribution is 7.91. The molecule has 2 aromatic heterocycles. The van der Waals surface area contributed by atoms with Crippen molar-refractivity contribution in [3.8, 4) is 5.88 Å². The lowest BCUT2D eigenvalue weighted by molar-refractivity contribution is -0.141. The van der Waals surface area contributed by atoms with Crippen LogP contribution in [0.5, 0.6) is 5.88 Å². The summed E-state index contributed by atoms with van der Waals surface area (Å²) >= 11 is 0. The first-order chi connectivity index (χ1) is 25.3. The molecule has 18 heteroatoms. The zero-order valence-electron chi connectivity index (χ0n) is 29.1. The molecule has 0 radical (unpaired) electrons. The number of carbonyl (C=O) groups is 4. The molecular weight excluding hydrogens is 716 g/mol. The van der Waals surface area contributed by atoms with E-state index < -0.39 is 87.3 Å². The number of ether oxygens (including phenoxy) is 1. The van der Waals surface area contributed by atoms with E-state index in [0.29, 0.717) is 48.8 Å². The highest BCUT2D eigenvalue weighted by atomic mass is 32.2. The summed E-state index contributed by atoms with van der Waals surface area (Å²) < 4.78 is 69.3. The number of alkyl halides is 2. The quantitative estimate of drug-likeness (QED) is 0.305. The first kappa shape index (κ1) is 36.6. The topological polar surface area (TPSA) is 203 Å². The van der Waals surface area contributed by atoms with Gasteiger partial charge in [-0.05, 0) is 56.6 Å². The van der Waals surface area contributed by atoms with Gasteiger partial charge < -0.3 is 24.8 Å². The van der Waals surface area contributed by atoms with Crippen molar-refractivity contribution in [2.75, 3.05) is 6.54 Å². The number of carbonyl (C=O) groups excluding carboxylic acids is 4. The van der Waals surface area contributed by atoms with Crippen molar-refractivity contribution in [2.45, 2.75) is 112 Å². The van der Waals surface area contributed by atoms with E-state index in [9.17, 15) is 27.6 Å². The molecular formula is C35H41F2N7O8S. The fourth-order valence-electron chi connectivity index (χ4n) is 7.32. The number of amides is 4. The van der Waals surface area contributed by atoms with E-state index in [1.807, 2.05) is 23.8 Å². The van der Waals surface area contributed by atoms with Crippen molar-refractivity contribution >= 4 is 44.7 Å². The summed E-state index contributed by atoms with van der Waals surface area (Å²) in [6.07, 6.45) is 0.828. The Morgan fingerprint density at radius 1 is 1.06 bits per heavy atom. The molecule has 2 saturated heterocycles. The molecule has 0 spiro atoms. The summed E-state index contributed by atoms with van der Waals surface area (Å²) in [5, 5.41) is 8.16. The molecule has 7 rings (SSSR count). The fourth-order valence-corrected chi connectivity index (χ4v) is 8.68. The monoisotopic (exact) mass is 757 g/mol. The molecule has 15 nitrogen and oxygen atoms in total. The molecule has 0 bridgehead atoms. The minimum absolute atomic E-state index is 0.0779. The highest BCUT2D eigenvalue weighted by Gasteiger charge is 2.65. The minimum atomic E-state index is -4.08. The lowest BCUT2D eigenvalue weighted by atomic mass is 10.00. The first-order valence-electron chi connectivity index (χ1n) is 18.0. The Morgan fingerprint density at radius 3 is 2.51 bits per heavy atom. The molecule has 5 atom stereocenters. The molecule has 284 valence electrons. The normalized spacial score (nSPS) is 27.8. The Bertz CT molecular complexity index is 2010. The highest BCUT2D eigenvalue weighted by Crippen LogP contribution is 2.51. The lowest BCUT2D eigenvalue weighted by Crippen LogP contribution is -2.58. The van der Waals surface area contributed by atoms with Gasteiger partial charge in [-0.3, -0.25) is 23.9 Å². The molecule has 4 heterocycles. The van der Waals surface area contributed by atoms with Crippen molar-refractivity contribution < 1.29 is 45.6 Å². The van der Waals surface area contributed by atoms with Gasteiger partial charge >= 0.3 is 0 Å². The minimum Gasteiger partial charge on any atom is -0.471 e. The van der Waals surface area contributed by atoms with E-state index in [2.05, 4.69) is 25.8 Å². The number of nitrogens with one attached hydrogen (secondary N) is 3. The molecule has 3 aromatic rings. The van der Waals surface area contributed by atoms with Gasteiger partial charge in [0, 0.05) is 25.3 Å². The average Bonchev–Trinajstić information content (AvgIpc) is 3.97. The van der Waals surface area contributed by atoms with Crippen molar-refractivity contribution in [1.82, 2.24) is 35.4 Å². The predicted octanol–water partition coefficient (Wildman–Crippen LogP) is 2.80. The first-order valence-corrected chi connectivity index (χ1v) is 19.5. The number of halogens is 2. The number of para-hydroxylation sites is 2. The molecule has 2 aliphatic heterocycles. The van der Waals surface area contributed by atoms with Crippen LogP contribution in [-0.4, -0.2) is 93.5 Å². The van der Waals surface area contributed by atoms with Gasteiger partial charge in [-0.1, -0.05) is 37.1 Å². The van der Waals surface area contributed by atoms with E-state index >= 15 is 8.78 Å². The number of benzene rings is 1. The van der Waals surface area contributed by atoms with Crippen LogP contribution < -0.4 is 20.1 Å². The van der Waals surface area contributed by atoms with Crippen LogP contribution >= 0.6 is 0 Å². The van der Waals surface area contributed by atoms with Gasteiger partial charge in [-0.15, -0.1) is 0 Å². The maximum Gasteiger partial charge on any atom is 0.274 e. The Balaban J connectivity index is 1.21. The molecule has 0 unspecified atom stereocenters. The van der Waals surface area contributed by atoms with Gasteiger partial charge in [0.25, 0.3) is 11.8 Å². The Hall–Kier alpha value is -4.74. The van der Waals surface area contributed by atoms with Gasteiger partial charge in [0.1, 0.15) is 35.7 Å². The number of rotatable bonds is 8. The Kier molecular flexibility index (Phi) is 9.84. The summed E-state index contributed by atoms with van der Waals surface area (Å²) in [5.41, 5.74) is -0.233. The Labute approximate surface area is 304 Å². The number of aromatic nitrogens is 3. The number of aryl methyl sites for hydroxylation is 1. The smallest absolute Gasteiger partial charge is 0.274 e. The molecule has 4 amide bonds. The van der Waals surface area contributed by atoms with E-state index in [1.165, 1.54) is 17.2 Å². The van der Waals surface area contributed by atoms with Crippen LogP contribution in [0.3, 0.4) is 0 Å². The zero-order valence-corrected chi connectivity index (χ0v) is 29.9. The predicted molar refractivity (Wildman–Crippen MR) is 183 cm³/mol. The van der Waals surface area contributed by atoms with Crippen LogP contribution in [0.4, 0.5) is 8.78 Å². The largest absolute Gasteiger partial charge is 0.471 e. The number of sulfonamides is 1. The lowest BCUT2D eigenvalue weighted by Gasteiger charge is -2.30. The van der Waals surface area contributed by atoms with E-state index in [0.717, 1.165) is 0 Å². The van der Waals surface area contributed by atoms with Crippen LogP contribution in [0.2, 0.25) is 0 Å². The maximum atomic E-state index is 15.3. The summed E-state index contributed by atoms with van der Waals surface area (Å²) in [7, 11) is -4.08. The van der Waals surface area contributed by atoms with Crippen LogP contribution in [0.25, 0.3) is 11.0 Å². The second-order valence-electron chi connectivity index (χ2n) is 14.4. The van der Waals surface area contributed by atoms with Gasteiger partial charge in [-0.25, -0.2) is 27.2 Å². The number of hydrogen-bond acceptors (Lipinski definition) is 11. The van der Waals surface area contributed by atoms with Crippen LogP contribution in [-0.2, 0) is 30.8 Å². The van der Waals surface area contributed by atoms with Gasteiger partial charge in [0.15, 0.2) is 5.69 Å². The standard InChI is InChI=1S/C35H41F2N7O8S/c1-2-23-31(40-25-9-6-5-8-24(25)38-23)52-21-16-28-30(46)41-35(33(48)43-53(49,50)22-11-12-22)18-20(35)17-34(36,37)14-7-3-4-10-27(32(47)44(28)19-21)39-29(45)26-13-15-51-42-26/h5-6,8-9,13,15,20-22,27-28H,2-4,7,10-12,14,16-19H2,1H3,(H,39,45)(H,41,46)(H,43,48)/t20-,21-,27+,28+,35-/m1/s1. The second-order valence-corrected chi connectivity index (χ2v) is 16.4. The van der Waals surface area contributed by atoms with Gasteiger partial charge in [0.05, 0.1) is 22.8 Å². The van der Waals surface area contributed by atoms with Crippen LogP contribution in [0.15, 0.2) is 41.1 Å². The molecule has 3 N–H and O–H groups in total. The van der Waals surface area contributed by atoms with Gasteiger partial charge in [-0.2, -0.15) is 0 Å². The molecule has 4 fully saturated rings. The summed E-state index contributed by atoms with van der Waals surface area (Å²) in [6.45, 7) is 1.76. The zero-order chi connectivity index (χ0) is 37.5. The summed E-state index contributed by atoms with van der Waals surface area (Å²) in [4.78, 5) is 66.0. The number of nitrogens with zero attached hydrogens (tertiary/aromatic N) is 4. The third-order valence-corrected chi connectivity index (χ3v) is 12.3. The van der Waals surface area contributed by atoms with E-state index in [4.69, 9.17) is 9.26 Å². The van der Waals surface area contributed by atoms with Crippen molar-refractivity contribution in [2.24, 2.45) is 5.92 Å². The third-order valence-electron chi connectivity index (χ3n) is 10.5. The third kappa shape index (κ3) is 7.82. The summed E-state index contributed by atoms with van der Waals surface area (Å²) in [6, 6.07) is 6.08. The van der Waals surface area contributed by atoms with E-state index in [1.54, 1.807) is 12.1 Å². The van der Waals surface area contributed by atoms with Crippen molar-refractivity contribution in [3.05, 3.63) is 48.0 Å². The fraction of sp³-hybridized carbons (Fsp3) is 0.571. The molecule has 2 aliphatic carbocycles. The van der Waals surface area contributed by atoms with Gasteiger partial charge in [0.2, 0.25) is 33.6 Å². The van der Waals surface area contributed by atoms with Crippen LogP contribution in [0, 0.1) is 5.92 Å². The number of fused-ring (bicyclic) bond motifs is 3. The second kappa shape index (κ2) is 14.2. The molecule has 2 saturated carbocycles. The molecule has 4 aliphatic rings. The average molecular weight is 758 g/mol. The number of hydrogen-bond donors (Lipinski definition) is 3. The Morgan fingerprint density at radius 2 is 1.81 bits per heavy atom. The van der Waals surface area contributed by atoms with E-state index in [-0.39, 0.29) is 43.8 Å². The molecule has 1 aromatic carbocycles. The van der Waals surface area contributed by atoms with Crippen molar-refractivity contribution in [1.29, 1.82) is 0 Å². The SMILES string of the molecule is CCc1nc2ccccc2nc1O[C@@H]1C[C@H]2C(=O)N[C@]3(C(=O)NS(=O)(=O)C4CC4)C[C@H]3CC(F)(F)CCCCC[C@H](NC(=O)c3ccon3)C(=O)N2C1. The summed E-state index contributed by atoms with van der Waals surface area (Å²) in [5.74, 6) is -7.30. The van der Waals surface area contributed by atoms with Crippen molar-refractivity contribution in [3.63, 3.8) is 0 Å².